The molecule has 0 spiro atoms. The van der Waals surface area contributed by atoms with Gasteiger partial charge >= 0.3 is 6.09 Å². The third-order valence-electron chi connectivity index (χ3n) is 5.74. The normalized spacial score (nSPS) is 24.0. The van der Waals surface area contributed by atoms with E-state index in [1.54, 1.807) is 4.90 Å². The van der Waals surface area contributed by atoms with Crippen LogP contribution in [0.4, 0.5) is 4.79 Å². The number of carbonyl (C=O) groups excluding carboxylic acids is 2. The molecule has 2 fully saturated rings. The van der Waals surface area contributed by atoms with Gasteiger partial charge in [0.2, 0.25) is 5.91 Å². The first-order chi connectivity index (χ1) is 13.1. The topological polar surface area (TPSA) is 53.1 Å². The molecule has 0 aliphatic carbocycles. The molecule has 0 N–H and O–H groups in total. The second kappa shape index (κ2) is 7.74. The molecule has 1 aromatic carbocycles. The van der Waals surface area contributed by atoms with Crippen LogP contribution in [-0.2, 0) is 16.1 Å². The van der Waals surface area contributed by atoms with Crippen molar-refractivity contribution >= 4 is 12.0 Å². The molecule has 0 aromatic heterocycles. The van der Waals surface area contributed by atoms with Gasteiger partial charge in [-0.2, -0.15) is 0 Å². The fourth-order valence-corrected chi connectivity index (χ4v) is 3.97. The van der Waals surface area contributed by atoms with Crippen molar-refractivity contribution in [1.82, 2.24) is 14.7 Å². The van der Waals surface area contributed by atoms with Crippen LogP contribution in [0.15, 0.2) is 24.3 Å². The van der Waals surface area contributed by atoms with Crippen molar-refractivity contribution in [2.45, 2.75) is 58.7 Å². The molecule has 2 amide bonds. The zero-order valence-corrected chi connectivity index (χ0v) is 17.8. The van der Waals surface area contributed by atoms with Gasteiger partial charge in [0.05, 0.1) is 5.54 Å². The SMILES string of the molecule is Cc1ccc(CN2CCC(C)(N3CCN(C(=O)OC(C)(C)C)CC3)C2=O)cc1. The molecule has 1 aromatic rings. The highest BCUT2D eigenvalue weighted by molar-refractivity contribution is 5.88. The lowest BCUT2D eigenvalue weighted by Crippen LogP contribution is -2.59. The summed E-state index contributed by atoms with van der Waals surface area (Å²) in [7, 11) is 0. The van der Waals surface area contributed by atoms with Crippen LogP contribution in [-0.4, -0.2) is 70.6 Å². The van der Waals surface area contributed by atoms with E-state index in [1.807, 2.05) is 32.6 Å². The predicted molar refractivity (Wildman–Crippen MR) is 109 cm³/mol. The average Bonchev–Trinajstić information content (AvgIpc) is 2.92. The molecule has 0 bridgehead atoms. The number of hydrogen-bond donors (Lipinski definition) is 0. The van der Waals surface area contributed by atoms with E-state index in [0.29, 0.717) is 32.7 Å². The number of ether oxygens (including phenoxy) is 1. The van der Waals surface area contributed by atoms with Gasteiger partial charge in [0.1, 0.15) is 5.60 Å². The van der Waals surface area contributed by atoms with Crippen LogP contribution in [0.1, 0.15) is 45.2 Å². The van der Waals surface area contributed by atoms with Crippen molar-refractivity contribution in [3.63, 3.8) is 0 Å². The summed E-state index contributed by atoms with van der Waals surface area (Å²) < 4.78 is 5.47. The Labute approximate surface area is 168 Å². The standard InChI is InChI=1S/C22H33N3O3/c1-17-6-8-18(9-7-17)16-24-11-10-22(5,19(24)26)25-14-12-23(13-15-25)20(27)28-21(2,3)4/h6-9H,10-16H2,1-5H3. The maximum atomic E-state index is 13.2. The second-order valence-electron chi connectivity index (χ2n) is 9.19. The van der Waals surface area contributed by atoms with E-state index in [1.165, 1.54) is 5.56 Å². The van der Waals surface area contributed by atoms with Crippen molar-refractivity contribution in [3.8, 4) is 0 Å². The van der Waals surface area contributed by atoms with Gasteiger partial charge in [-0.3, -0.25) is 9.69 Å². The lowest BCUT2D eigenvalue weighted by molar-refractivity contribution is -0.138. The fraction of sp³-hybridized carbons (Fsp3) is 0.636. The van der Waals surface area contributed by atoms with E-state index in [4.69, 9.17) is 4.74 Å². The Morgan fingerprint density at radius 1 is 1.07 bits per heavy atom. The maximum Gasteiger partial charge on any atom is 0.410 e. The van der Waals surface area contributed by atoms with E-state index in [2.05, 4.69) is 36.1 Å². The summed E-state index contributed by atoms with van der Waals surface area (Å²) in [4.78, 5) is 31.4. The highest BCUT2D eigenvalue weighted by Gasteiger charge is 2.47. The van der Waals surface area contributed by atoms with Gasteiger partial charge in [-0.05, 0) is 46.6 Å². The maximum absolute atomic E-state index is 13.2. The Bertz CT molecular complexity index is 718. The number of rotatable bonds is 3. The monoisotopic (exact) mass is 387 g/mol. The Balaban J connectivity index is 1.58. The summed E-state index contributed by atoms with van der Waals surface area (Å²) in [6.07, 6.45) is 0.556. The number of aryl methyl sites for hydroxylation is 1. The first kappa shape index (κ1) is 20.6. The van der Waals surface area contributed by atoms with E-state index in [-0.39, 0.29) is 12.0 Å². The van der Waals surface area contributed by atoms with Crippen LogP contribution in [0, 0.1) is 6.92 Å². The van der Waals surface area contributed by atoms with Crippen molar-refractivity contribution in [1.29, 1.82) is 0 Å². The smallest absolute Gasteiger partial charge is 0.410 e. The van der Waals surface area contributed by atoms with Crippen LogP contribution in [0.25, 0.3) is 0 Å². The summed E-state index contributed by atoms with van der Waals surface area (Å²) in [6, 6.07) is 8.37. The van der Waals surface area contributed by atoms with Crippen LogP contribution < -0.4 is 0 Å². The van der Waals surface area contributed by atoms with Crippen molar-refractivity contribution < 1.29 is 14.3 Å². The molecule has 3 rings (SSSR count). The summed E-state index contributed by atoms with van der Waals surface area (Å²) in [5.41, 5.74) is 1.42. The minimum atomic E-state index is -0.488. The summed E-state index contributed by atoms with van der Waals surface area (Å²) >= 11 is 0. The van der Waals surface area contributed by atoms with E-state index >= 15 is 0 Å². The number of benzene rings is 1. The number of hydrogen-bond acceptors (Lipinski definition) is 4. The molecular formula is C22H33N3O3. The Morgan fingerprint density at radius 2 is 1.68 bits per heavy atom. The molecule has 6 nitrogen and oxygen atoms in total. The lowest BCUT2D eigenvalue weighted by Gasteiger charge is -2.42. The third-order valence-corrected chi connectivity index (χ3v) is 5.74. The first-order valence-electron chi connectivity index (χ1n) is 10.2. The van der Waals surface area contributed by atoms with Gasteiger partial charge in [-0.25, -0.2) is 4.79 Å². The predicted octanol–water partition coefficient (Wildman–Crippen LogP) is 3.04. The average molecular weight is 388 g/mol. The number of nitrogens with zero attached hydrogens (tertiary/aromatic N) is 3. The van der Waals surface area contributed by atoms with E-state index in [0.717, 1.165) is 18.5 Å². The Morgan fingerprint density at radius 3 is 2.25 bits per heavy atom. The molecular weight excluding hydrogens is 354 g/mol. The van der Waals surface area contributed by atoms with Crippen LogP contribution in [0.2, 0.25) is 0 Å². The van der Waals surface area contributed by atoms with Crippen molar-refractivity contribution in [3.05, 3.63) is 35.4 Å². The number of amides is 2. The molecule has 1 unspecified atom stereocenters. The second-order valence-corrected chi connectivity index (χ2v) is 9.19. The summed E-state index contributed by atoms with van der Waals surface area (Å²) in [5, 5.41) is 0. The Hall–Kier alpha value is -2.08. The molecule has 6 heteroatoms. The number of likely N-dealkylation sites (tertiary alicyclic amines) is 1. The molecule has 154 valence electrons. The summed E-state index contributed by atoms with van der Waals surface area (Å²) in [6.45, 7) is 13.8. The van der Waals surface area contributed by atoms with E-state index in [9.17, 15) is 9.59 Å². The lowest BCUT2D eigenvalue weighted by atomic mass is 9.97. The highest BCUT2D eigenvalue weighted by atomic mass is 16.6. The van der Waals surface area contributed by atoms with Crippen LogP contribution in [0.5, 0.6) is 0 Å². The van der Waals surface area contributed by atoms with Crippen LogP contribution in [0.3, 0.4) is 0 Å². The fourth-order valence-electron chi connectivity index (χ4n) is 3.97. The number of carbonyl (C=O) groups is 2. The van der Waals surface area contributed by atoms with Gasteiger partial charge in [0.25, 0.3) is 0 Å². The molecule has 28 heavy (non-hydrogen) atoms. The molecule has 2 aliphatic heterocycles. The largest absolute Gasteiger partial charge is 0.444 e. The van der Waals surface area contributed by atoms with Crippen molar-refractivity contribution in [2.75, 3.05) is 32.7 Å². The van der Waals surface area contributed by atoms with E-state index < -0.39 is 11.1 Å². The molecule has 0 radical (unpaired) electrons. The third kappa shape index (κ3) is 4.49. The van der Waals surface area contributed by atoms with Gasteiger partial charge < -0.3 is 14.5 Å². The zero-order valence-electron chi connectivity index (χ0n) is 17.8. The summed E-state index contributed by atoms with van der Waals surface area (Å²) in [5.74, 6) is 0.193. The van der Waals surface area contributed by atoms with Gasteiger partial charge in [0.15, 0.2) is 0 Å². The van der Waals surface area contributed by atoms with Gasteiger partial charge in [-0.1, -0.05) is 29.8 Å². The minimum absolute atomic E-state index is 0.193. The minimum Gasteiger partial charge on any atom is -0.444 e. The van der Waals surface area contributed by atoms with Gasteiger partial charge in [0, 0.05) is 39.3 Å². The number of piperazine rings is 1. The Kier molecular flexibility index (Phi) is 5.71. The molecule has 2 aliphatic rings. The zero-order chi connectivity index (χ0) is 20.5. The molecule has 2 saturated heterocycles. The van der Waals surface area contributed by atoms with Gasteiger partial charge in [-0.15, -0.1) is 0 Å². The molecule has 0 saturated carbocycles. The molecule has 2 heterocycles. The van der Waals surface area contributed by atoms with Crippen LogP contribution >= 0.6 is 0 Å². The highest BCUT2D eigenvalue weighted by Crippen LogP contribution is 2.31. The molecule has 1 atom stereocenters. The quantitative estimate of drug-likeness (QED) is 0.800. The van der Waals surface area contributed by atoms with Crippen molar-refractivity contribution in [2.24, 2.45) is 0 Å². The first-order valence-corrected chi connectivity index (χ1v) is 10.2.